The molecule has 0 saturated carbocycles. The van der Waals surface area contributed by atoms with E-state index in [4.69, 9.17) is 0 Å². The molecule has 1 fully saturated rings. The summed E-state index contributed by atoms with van der Waals surface area (Å²) < 4.78 is 0. The maximum Gasteiger partial charge on any atom is 0.177 e. The van der Waals surface area contributed by atoms with Crippen LogP contribution in [0, 0.1) is 6.92 Å². The summed E-state index contributed by atoms with van der Waals surface area (Å²) >= 11 is 0. The first-order chi connectivity index (χ1) is 7.81. The van der Waals surface area contributed by atoms with Crippen molar-refractivity contribution in [1.29, 1.82) is 0 Å². The number of nitrogens with zero attached hydrogens (tertiary/aromatic N) is 2. The first kappa shape index (κ1) is 9.78. The van der Waals surface area contributed by atoms with E-state index in [0.29, 0.717) is 6.04 Å². The van der Waals surface area contributed by atoms with Crippen molar-refractivity contribution >= 4 is 11.2 Å². The second kappa shape index (κ2) is 3.87. The molecule has 16 heavy (non-hydrogen) atoms. The summed E-state index contributed by atoms with van der Waals surface area (Å²) in [5, 5.41) is 3.48. The van der Waals surface area contributed by atoms with E-state index in [9.17, 15) is 0 Å². The number of hydrogen-bond donors (Lipinski definition) is 2. The number of fused-ring (bicyclic) bond motifs is 1. The van der Waals surface area contributed by atoms with Crippen LogP contribution in [0.25, 0.3) is 11.2 Å². The molecule has 3 rings (SSSR count). The third-order valence-electron chi connectivity index (χ3n) is 3.14. The predicted octanol–water partition coefficient (Wildman–Crippen LogP) is 1.56. The van der Waals surface area contributed by atoms with Crippen molar-refractivity contribution in [2.45, 2.75) is 32.2 Å². The van der Waals surface area contributed by atoms with Gasteiger partial charge in [0.05, 0.1) is 5.52 Å². The van der Waals surface area contributed by atoms with Crippen LogP contribution in [0.4, 0.5) is 0 Å². The van der Waals surface area contributed by atoms with E-state index in [1.165, 1.54) is 12.8 Å². The lowest BCUT2D eigenvalue weighted by molar-refractivity contribution is 0.589. The molecule has 1 saturated heterocycles. The van der Waals surface area contributed by atoms with Crippen LogP contribution in [-0.2, 0) is 6.42 Å². The molecule has 0 bridgehead atoms. The number of pyridine rings is 1. The Morgan fingerprint density at radius 2 is 2.31 bits per heavy atom. The van der Waals surface area contributed by atoms with E-state index >= 15 is 0 Å². The fourth-order valence-electron chi connectivity index (χ4n) is 2.30. The highest BCUT2D eigenvalue weighted by atomic mass is 15.0. The van der Waals surface area contributed by atoms with Gasteiger partial charge in [-0.15, -0.1) is 0 Å². The Labute approximate surface area is 94.5 Å². The lowest BCUT2D eigenvalue weighted by Gasteiger charge is -2.06. The zero-order valence-electron chi connectivity index (χ0n) is 9.45. The second-order valence-corrected chi connectivity index (χ2v) is 4.50. The van der Waals surface area contributed by atoms with Gasteiger partial charge in [0.2, 0.25) is 0 Å². The third-order valence-corrected chi connectivity index (χ3v) is 3.14. The molecule has 0 aromatic carbocycles. The molecule has 0 spiro atoms. The molecule has 2 N–H and O–H groups in total. The molecule has 0 radical (unpaired) electrons. The van der Waals surface area contributed by atoms with E-state index in [1.54, 1.807) is 0 Å². The molecule has 3 heterocycles. The predicted molar refractivity (Wildman–Crippen MR) is 63.4 cm³/mol. The van der Waals surface area contributed by atoms with Crippen molar-refractivity contribution in [2.75, 3.05) is 6.54 Å². The molecule has 84 valence electrons. The Morgan fingerprint density at radius 1 is 1.38 bits per heavy atom. The van der Waals surface area contributed by atoms with Gasteiger partial charge in [-0.2, -0.15) is 0 Å². The largest absolute Gasteiger partial charge is 0.341 e. The number of aryl methyl sites for hydroxylation is 1. The first-order valence-electron chi connectivity index (χ1n) is 5.87. The van der Waals surface area contributed by atoms with Gasteiger partial charge in [0, 0.05) is 18.2 Å². The van der Waals surface area contributed by atoms with Crippen LogP contribution >= 0.6 is 0 Å². The highest BCUT2D eigenvalue weighted by Gasteiger charge is 2.16. The van der Waals surface area contributed by atoms with Crippen molar-refractivity contribution in [3.63, 3.8) is 0 Å². The highest BCUT2D eigenvalue weighted by molar-refractivity contribution is 5.70. The van der Waals surface area contributed by atoms with Crippen molar-refractivity contribution in [3.8, 4) is 0 Å². The molecule has 2 aromatic heterocycles. The Bertz CT molecular complexity index is 497. The Balaban J connectivity index is 1.86. The summed E-state index contributed by atoms with van der Waals surface area (Å²) in [5.74, 6) is 1.05. The maximum absolute atomic E-state index is 4.53. The Kier molecular flexibility index (Phi) is 2.36. The van der Waals surface area contributed by atoms with Crippen LogP contribution in [0.5, 0.6) is 0 Å². The van der Waals surface area contributed by atoms with Gasteiger partial charge in [0.25, 0.3) is 0 Å². The van der Waals surface area contributed by atoms with Crippen LogP contribution in [0.1, 0.15) is 24.4 Å². The Hall–Kier alpha value is -1.42. The van der Waals surface area contributed by atoms with Gasteiger partial charge in [0.1, 0.15) is 5.82 Å². The molecular weight excluding hydrogens is 200 g/mol. The minimum Gasteiger partial charge on any atom is -0.341 e. The number of aromatic nitrogens is 3. The van der Waals surface area contributed by atoms with E-state index in [-0.39, 0.29) is 0 Å². The fourth-order valence-corrected chi connectivity index (χ4v) is 2.30. The van der Waals surface area contributed by atoms with Gasteiger partial charge >= 0.3 is 0 Å². The molecule has 1 aliphatic heterocycles. The average Bonchev–Trinajstić information content (AvgIpc) is 2.86. The van der Waals surface area contributed by atoms with Crippen LogP contribution in [-0.4, -0.2) is 27.5 Å². The van der Waals surface area contributed by atoms with E-state index in [1.807, 2.05) is 13.0 Å². The lowest BCUT2D eigenvalue weighted by Crippen LogP contribution is -2.24. The molecule has 1 aliphatic rings. The summed E-state index contributed by atoms with van der Waals surface area (Å²) in [6, 6.07) is 4.65. The molecule has 1 atom stereocenters. The van der Waals surface area contributed by atoms with Crippen molar-refractivity contribution in [3.05, 3.63) is 23.7 Å². The van der Waals surface area contributed by atoms with Gasteiger partial charge in [-0.05, 0) is 38.4 Å². The van der Waals surface area contributed by atoms with Crippen molar-refractivity contribution < 1.29 is 0 Å². The highest BCUT2D eigenvalue weighted by Crippen LogP contribution is 2.14. The van der Waals surface area contributed by atoms with Gasteiger partial charge in [-0.3, -0.25) is 0 Å². The summed E-state index contributed by atoms with van der Waals surface area (Å²) in [5.41, 5.74) is 2.90. The Morgan fingerprint density at radius 3 is 3.12 bits per heavy atom. The summed E-state index contributed by atoms with van der Waals surface area (Å²) in [4.78, 5) is 12.3. The minimum atomic E-state index is 0.585. The van der Waals surface area contributed by atoms with E-state index < -0.39 is 0 Å². The third kappa shape index (κ3) is 1.80. The number of hydrogen-bond acceptors (Lipinski definition) is 3. The van der Waals surface area contributed by atoms with E-state index in [2.05, 4.69) is 26.3 Å². The monoisotopic (exact) mass is 216 g/mol. The van der Waals surface area contributed by atoms with Crippen LogP contribution in [0.3, 0.4) is 0 Å². The normalized spacial score (nSPS) is 20.7. The van der Waals surface area contributed by atoms with Gasteiger partial charge in [-0.1, -0.05) is 0 Å². The number of H-pyrrole nitrogens is 1. The molecule has 1 unspecified atom stereocenters. The summed E-state index contributed by atoms with van der Waals surface area (Å²) in [6.45, 7) is 3.13. The van der Waals surface area contributed by atoms with Crippen LogP contribution in [0.2, 0.25) is 0 Å². The quantitative estimate of drug-likeness (QED) is 0.801. The first-order valence-corrected chi connectivity index (χ1v) is 5.87. The zero-order valence-corrected chi connectivity index (χ0v) is 9.45. The molecule has 0 aliphatic carbocycles. The van der Waals surface area contributed by atoms with Gasteiger partial charge < -0.3 is 10.3 Å². The van der Waals surface area contributed by atoms with E-state index in [0.717, 1.165) is 35.6 Å². The number of imidazole rings is 1. The lowest BCUT2D eigenvalue weighted by atomic mass is 10.1. The molecule has 4 nitrogen and oxygen atoms in total. The summed E-state index contributed by atoms with van der Waals surface area (Å²) in [7, 11) is 0. The van der Waals surface area contributed by atoms with Gasteiger partial charge in [0.15, 0.2) is 5.65 Å². The standard InChI is InChI=1S/C12H16N4/c1-8-4-5-10-12(14-8)16-11(15-10)7-9-3-2-6-13-9/h4-5,9,13H,2-3,6-7H2,1H3,(H,14,15,16). The van der Waals surface area contributed by atoms with Crippen LogP contribution < -0.4 is 5.32 Å². The number of aromatic amines is 1. The van der Waals surface area contributed by atoms with Crippen molar-refractivity contribution in [2.24, 2.45) is 0 Å². The zero-order chi connectivity index (χ0) is 11.0. The topological polar surface area (TPSA) is 53.6 Å². The van der Waals surface area contributed by atoms with Crippen molar-refractivity contribution in [1.82, 2.24) is 20.3 Å². The maximum atomic E-state index is 4.53. The van der Waals surface area contributed by atoms with Crippen LogP contribution in [0.15, 0.2) is 12.1 Å². The molecular formula is C12H16N4. The molecule has 0 amide bonds. The average molecular weight is 216 g/mol. The van der Waals surface area contributed by atoms with Gasteiger partial charge in [-0.25, -0.2) is 9.97 Å². The molecule has 2 aromatic rings. The SMILES string of the molecule is Cc1ccc2[nH]c(CC3CCCN3)nc2n1. The second-order valence-electron chi connectivity index (χ2n) is 4.50. The summed E-state index contributed by atoms with van der Waals surface area (Å²) in [6.07, 6.45) is 3.52. The molecule has 4 heteroatoms. The smallest absolute Gasteiger partial charge is 0.177 e. The number of nitrogens with one attached hydrogen (secondary N) is 2. The minimum absolute atomic E-state index is 0.585. The number of rotatable bonds is 2. The fraction of sp³-hybridized carbons (Fsp3) is 0.500.